The third-order valence-corrected chi connectivity index (χ3v) is 5.77. The molecule has 0 radical (unpaired) electrons. The summed E-state index contributed by atoms with van der Waals surface area (Å²) in [7, 11) is -5.09. The van der Waals surface area contributed by atoms with Gasteiger partial charge in [0.25, 0.3) is 0 Å². The molecule has 0 saturated carbocycles. The first kappa shape index (κ1) is 18.1. The van der Waals surface area contributed by atoms with E-state index in [2.05, 4.69) is 5.32 Å². The summed E-state index contributed by atoms with van der Waals surface area (Å²) >= 11 is 0. The average Bonchev–Trinajstić information content (AvgIpc) is 2.33. The van der Waals surface area contributed by atoms with Crippen molar-refractivity contribution in [3.05, 3.63) is 23.8 Å². The van der Waals surface area contributed by atoms with Crippen molar-refractivity contribution in [3.63, 3.8) is 0 Å². The van der Waals surface area contributed by atoms with Gasteiger partial charge in [0.2, 0.25) is 0 Å². The first-order valence-electron chi connectivity index (χ1n) is 6.67. The summed E-state index contributed by atoms with van der Waals surface area (Å²) in [6.45, 7) is 4.10. The molecule has 1 rings (SSSR count). The Balaban J connectivity index is 3.40. The molecule has 0 spiro atoms. The highest BCUT2D eigenvalue weighted by molar-refractivity contribution is 7.91. The SMILES string of the molecule is CNC(Cc1ccc(S(C)(=O)=O)cc1S(C)(=O)=O)C(C)C. The molecular weight excluding hydrogens is 310 g/mol. The first-order valence-corrected chi connectivity index (χ1v) is 10.5. The molecule has 1 atom stereocenters. The van der Waals surface area contributed by atoms with Gasteiger partial charge in [0.15, 0.2) is 19.7 Å². The summed E-state index contributed by atoms with van der Waals surface area (Å²) < 4.78 is 47.1. The van der Waals surface area contributed by atoms with Crippen molar-refractivity contribution in [3.8, 4) is 0 Å². The second-order valence-electron chi connectivity index (χ2n) is 5.66. The predicted molar refractivity (Wildman–Crippen MR) is 84.1 cm³/mol. The number of sulfone groups is 2. The van der Waals surface area contributed by atoms with Gasteiger partial charge in [-0.3, -0.25) is 0 Å². The molecule has 0 saturated heterocycles. The number of nitrogens with one attached hydrogen (secondary N) is 1. The van der Waals surface area contributed by atoms with E-state index in [-0.39, 0.29) is 15.8 Å². The normalized spacial score (nSPS) is 14.4. The van der Waals surface area contributed by atoms with Gasteiger partial charge >= 0.3 is 0 Å². The van der Waals surface area contributed by atoms with Crippen molar-refractivity contribution in [2.45, 2.75) is 36.1 Å². The Hall–Kier alpha value is -0.920. The molecular formula is C14H23NO4S2. The van der Waals surface area contributed by atoms with Gasteiger partial charge in [-0.1, -0.05) is 19.9 Å². The van der Waals surface area contributed by atoms with E-state index in [9.17, 15) is 16.8 Å². The van der Waals surface area contributed by atoms with Crippen LogP contribution in [-0.4, -0.2) is 42.4 Å². The van der Waals surface area contributed by atoms with E-state index in [1.165, 1.54) is 12.1 Å². The van der Waals surface area contributed by atoms with E-state index < -0.39 is 19.7 Å². The molecule has 0 aliphatic rings. The Bertz CT molecular complexity index is 706. The summed E-state index contributed by atoms with van der Waals surface area (Å²) in [5.41, 5.74) is 0.637. The maximum atomic E-state index is 12.0. The van der Waals surface area contributed by atoms with Gasteiger partial charge in [0.1, 0.15) is 0 Å². The molecule has 5 nitrogen and oxygen atoms in total. The topological polar surface area (TPSA) is 80.3 Å². The van der Waals surface area contributed by atoms with Crippen LogP contribution in [0.1, 0.15) is 19.4 Å². The molecule has 1 aromatic rings. The Morgan fingerprint density at radius 1 is 1.05 bits per heavy atom. The zero-order chi connectivity index (χ0) is 16.4. The summed E-state index contributed by atoms with van der Waals surface area (Å²) in [4.78, 5) is 0.114. The number of hydrogen-bond acceptors (Lipinski definition) is 5. The van der Waals surface area contributed by atoms with Gasteiger partial charge in [-0.25, -0.2) is 16.8 Å². The third kappa shape index (κ3) is 4.79. The van der Waals surface area contributed by atoms with E-state index in [4.69, 9.17) is 0 Å². The lowest BCUT2D eigenvalue weighted by Gasteiger charge is -2.21. The van der Waals surface area contributed by atoms with Crippen LogP contribution < -0.4 is 5.32 Å². The summed E-state index contributed by atoms with van der Waals surface area (Å²) in [5.74, 6) is 0.331. The molecule has 120 valence electrons. The van der Waals surface area contributed by atoms with Gasteiger partial charge < -0.3 is 5.32 Å². The van der Waals surface area contributed by atoms with Crippen molar-refractivity contribution >= 4 is 19.7 Å². The molecule has 1 N–H and O–H groups in total. The molecule has 0 bridgehead atoms. The zero-order valence-electron chi connectivity index (χ0n) is 13.0. The van der Waals surface area contributed by atoms with Crippen LogP contribution in [0.25, 0.3) is 0 Å². The third-order valence-electron chi connectivity index (χ3n) is 3.48. The zero-order valence-corrected chi connectivity index (χ0v) is 14.7. The number of rotatable bonds is 6. The molecule has 0 heterocycles. The van der Waals surface area contributed by atoms with E-state index in [1.54, 1.807) is 6.07 Å². The van der Waals surface area contributed by atoms with E-state index >= 15 is 0 Å². The minimum Gasteiger partial charge on any atom is -0.316 e. The molecule has 0 fully saturated rings. The van der Waals surface area contributed by atoms with E-state index in [0.717, 1.165) is 12.5 Å². The molecule has 1 unspecified atom stereocenters. The van der Waals surface area contributed by atoms with E-state index in [0.29, 0.717) is 17.9 Å². The van der Waals surface area contributed by atoms with Crippen LogP contribution in [0.4, 0.5) is 0 Å². The predicted octanol–water partition coefficient (Wildman–Crippen LogP) is 1.28. The molecule has 21 heavy (non-hydrogen) atoms. The van der Waals surface area contributed by atoms with Crippen molar-refractivity contribution in [1.82, 2.24) is 5.32 Å². The van der Waals surface area contributed by atoms with Crippen molar-refractivity contribution in [1.29, 1.82) is 0 Å². The van der Waals surface area contributed by atoms with Crippen LogP contribution in [-0.2, 0) is 26.1 Å². The molecule has 0 amide bonds. The highest BCUT2D eigenvalue weighted by atomic mass is 32.2. The fourth-order valence-corrected chi connectivity index (χ4v) is 3.88. The second-order valence-corrected chi connectivity index (χ2v) is 9.66. The Kier molecular flexibility index (Phi) is 5.57. The largest absolute Gasteiger partial charge is 0.316 e. The standard InChI is InChI=1S/C14H23NO4S2/c1-10(2)13(15-3)8-11-6-7-12(20(4,16)17)9-14(11)21(5,18)19/h6-7,9-10,13,15H,8H2,1-5H3. The molecule has 7 heteroatoms. The van der Waals surface area contributed by atoms with Crippen molar-refractivity contribution < 1.29 is 16.8 Å². The molecule has 1 aromatic carbocycles. The first-order chi connectivity index (χ1) is 9.46. The molecule has 0 aromatic heterocycles. The highest BCUT2D eigenvalue weighted by Crippen LogP contribution is 2.23. The minimum atomic E-state index is -3.49. The molecule has 0 aliphatic heterocycles. The summed E-state index contributed by atoms with van der Waals surface area (Å²) in [5, 5.41) is 3.16. The highest BCUT2D eigenvalue weighted by Gasteiger charge is 2.21. The molecule has 0 aliphatic carbocycles. The van der Waals surface area contributed by atoms with Gasteiger partial charge in [0.05, 0.1) is 9.79 Å². The number of likely N-dealkylation sites (N-methyl/N-ethyl adjacent to an activating group) is 1. The monoisotopic (exact) mass is 333 g/mol. The average molecular weight is 333 g/mol. The fraction of sp³-hybridized carbons (Fsp3) is 0.571. The van der Waals surface area contributed by atoms with E-state index in [1.807, 2.05) is 20.9 Å². The quantitative estimate of drug-likeness (QED) is 0.848. The van der Waals surface area contributed by atoms with Gasteiger partial charge in [-0.2, -0.15) is 0 Å². The number of hydrogen-bond donors (Lipinski definition) is 1. The Labute approximate surface area is 127 Å². The van der Waals surface area contributed by atoms with Crippen LogP contribution >= 0.6 is 0 Å². The van der Waals surface area contributed by atoms with Crippen LogP contribution in [0.5, 0.6) is 0 Å². The van der Waals surface area contributed by atoms with Crippen LogP contribution in [0.15, 0.2) is 28.0 Å². The number of benzene rings is 1. The maximum Gasteiger partial charge on any atom is 0.175 e. The summed E-state index contributed by atoms with van der Waals surface area (Å²) in [6, 6.07) is 4.44. The van der Waals surface area contributed by atoms with Crippen LogP contribution in [0.2, 0.25) is 0 Å². The lowest BCUT2D eigenvalue weighted by atomic mass is 9.96. The van der Waals surface area contributed by atoms with Crippen molar-refractivity contribution in [2.24, 2.45) is 5.92 Å². The lowest BCUT2D eigenvalue weighted by molar-refractivity contribution is 0.422. The Morgan fingerprint density at radius 3 is 2.00 bits per heavy atom. The van der Waals surface area contributed by atoms with Crippen LogP contribution in [0.3, 0.4) is 0 Å². The Morgan fingerprint density at radius 2 is 1.62 bits per heavy atom. The van der Waals surface area contributed by atoms with Gasteiger partial charge in [-0.05, 0) is 37.1 Å². The summed E-state index contributed by atoms with van der Waals surface area (Å²) in [6.07, 6.45) is 2.70. The second kappa shape index (κ2) is 6.46. The fourth-order valence-electron chi connectivity index (χ4n) is 2.19. The lowest BCUT2D eigenvalue weighted by Crippen LogP contribution is -2.33. The smallest absolute Gasteiger partial charge is 0.175 e. The van der Waals surface area contributed by atoms with Crippen LogP contribution in [0, 0.1) is 5.92 Å². The maximum absolute atomic E-state index is 12.0. The van der Waals surface area contributed by atoms with Crippen molar-refractivity contribution in [2.75, 3.05) is 19.6 Å². The minimum absolute atomic E-state index is 0.0252. The van der Waals surface area contributed by atoms with Gasteiger partial charge in [0, 0.05) is 18.6 Å². The van der Waals surface area contributed by atoms with Gasteiger partial charge in [-0.15, -0.1) is 0 Å².